The number of aryl methyl sites for hydroxylation is 2. The quantitative estimate of drug-likeness (QED) is 0.745. The van der Waals surface area contributed by atoms with Gasteiger partial charge in [0, 0.05) is 11.1 Å². The van der Waals surface area contributed by atoms with Crippen molar-refractivity contribution in [3.63, 3.8) is 0 Å². The fourth-order valence-corrected chi connectivity index (χ4v) is 1.94. The zero-order valence-electron chi connectivity index (χ0n) is 10.5. The lowest BCUT2D eigenvalue weighted by Crippen LogP contribution is -2.05. The first-order valence-corrected chi connectivity index (χ1v) is 6.02. The van der Waals surface area contributed by atoms with Crippen LogP contribution in [0.5, 0.6) is 0 Å². The van der Waals surface area contributed by atoms with E-state index in [9.17, 15) is 9.18 Å². The van der Waals surface area contributed by atoms with Crippen molar-refractivity contribution in [2.75, 3.05) is 0 Å². The second-order valence-electron chi connectivity index (χ2n) is 4.30. The van der Waals surface area contributed by atoms with Crippen LogP contribution in [0.15, 0.2) is 42.5 Å². The Morgan fingerprint density at radius 3 is 2.56 bits per heavy atom. The summed E-state index contributed by atoms with van der Waals surface area (Å²) >= 11 is 0. The van der Waals surface area contributed by atoms with E-state index < -0.39 is 0 Å². The molecule has 0 fully saturated rings. The lowest BCUT2D eigenvalue weighted by molar-refractivity contribution is 0.103. The molecule has 0 aliphatic carbocycles. The second kappa shape index (κ2) is 5.13. The van der Waals surface area contributed by atoms with Crippen LogP contribution in [0.25, 0.3) is 0 Å². The molecule has 0 saturated heterocycles. The molecule has 0 aromatic heterocycles. The third kappa shape index (κ3) is 2.33. The first kappa shape index (κ1) is 12.5. The van der Waals surface area contributed by atoms with Crippen LogP contribution in [-0.4, -0.2) is 5.78 Å². The molecule has 2 aromatic rings. The van der Waals surface area contributed by atoms with Crippen LogP contribution < -0.4 is 0 Å². The minimum absolute atomic E-state index is 0.119. The van der Waals surface area contributed by atoms with Crippen LogP contribution in [0, 0.1) is 12.7 Å². The third-order valence-corrected chi connectivity index (χ3v) is 3.08. The molecule has 92 valence electrons. The van der Waals surface area contributed by atoms with E-state index in [1.807, 2.05) is 25.1 Å². The van der Waals surface area contributed by atoms with E-state index in [1.165, 1.54) is 6.07 Å². The highest BCUT2D eigenvalue weighted by molar-refractivity contribution is 6.09. The van der Waals surface area contributed by atoms with Crippen LogP contribution in [0.4, 0.5) is 4.39 Å². The molecule has 18 heavy (non-hydrogen) atoms. The molecule has 2 rings (SSSR count). The SMILES string of the molecule is CCc1ccccc1C(=O)c1ccc(C)c(F)c1. The smallest absolute Gasteiger partial charge is 0.193 e. The van der Waals surface area contributed by atoms with Crippen LogP contribution in [-0.2, 0) is 6.42 Å². The molecule has 0 saturated carbocycles. The van der Waals surface area contributed by atoms with Crippen molar-refractivity contribution >= 4 is 5.78 Å². The number of rotatable bonds is 3. The number of ketones is 1. The molecule has 1 nitrogen and oxygen atoms in total. The Balaban J connectivity index is 2.44. The molecule has 0 atom stereocenters. The number of hydrogen-bond acceptors (Lipinski definition) is 1. The summed E-state index contributed by atoms with van der Waals surface area (Å²) in [6.45, 7) is 3.69. The third-order valence-electron chi connectivity index (χ3n) is 3.08. The molecule has 0 amide bonds. The van der Waals surface area contributed by atoms with Gasteiger partial charge in [0.05, 0.1) is 0 Å². The van der Waals surface area contributed by atoms with Crippen LogP contribution in [0.2, 0.25) is 0 Å². The summed E-state index contributed by atoms with van der Waals surface area (Å²) in [5.41, 5.74) is 2.60. The fourth-order valence-electron chi connectivity index (χ4n) is 1.94. The van der Waals surface area contributed by atoms with Crippen LogP contribution in [0.1, 0.15) is 34.0 Å². The van der Waals surface area contributed by atoms with Gasteiger partial charge in [0.25, 0.3) is 0 Å². The Kier molecular flexibility index (Phi) is 3.56. The normalized spacial score (nSPS) is 10.4. The summed E-state index contributed by atoms with van der Waals surface area (Å²) in [4.78, 5) is 12.3. The molecular weight excluding hydrogens is 227 g/mol. The monoisotopic (exact) mass is 242 g/mol. The summed E-state index contributed by atoms with van der Waals surface area (Å²) in [5, 5.41) is 0. The minimum Gasteiger partial charge on any atom is -0.289 e. The van der Waals surface area contributed by atoms with Crippen molar-refractivity contribution in [1.82, 2.24) is 0 Å². The topological polar surface area (TPSA) is 17.1 Å². The summed E-state index contributed by atoms with van der Waals surface area (Å²) in [7, 11) is 0. The number of carbonyl (C=O) groups excluding carboxylic acids is 1. The van der Waals surface area contributed by atoms with Crippen molar-refractivity contribution < 1.29 is 9.18 Å². The first-order valence-electron chi connectivity index (χ1n) is 6.02. The van der Waals surface area contributed by atoms with Crippen molar-refractivity contribution in [3.8, 4) is 0 Å². The van der Waals surface area contributed by atoms with Gasteiger partial charge in [0.15, 0.2) is 5.78 Å². The maximum absolute atomic E-state index is 13.5. The van der Waals surface area contributed by atoms with Crippen molar-refractivity contribution in [2.24, 2.45) is 0 Å². The molecule has 2 aromatic carbocycles. The summed E-state index contributed by atoms with van der Waals surface area (Å²) in [6.07, 6.45) is 0.788. The van der Waals surface area contributed by atoms with E-state index in [0.29, 0.717) is 16.7 Å². The summed E-state index contributed by atoms with van der Waals surface area (Å²) in [5.74, 6) is -0.457. The maximum Gasteiger partial charge on any atom is 0.193 e. The standard InChI is InChI=1S/C16H15FO/c1-3-12-6-4-5-7-14(12)16(18)13-9-8-11(2)15(17)10-13/h4-10H,3H2,1-2H3. The zero-order chi connectivity index (χ0) is 13.1. The summed E-state index contributed by atoms with van der Waals surface area (Å²) in [6, 6.07) is 12.1. The molecule has 2 heteroatoms. The molecule has 0 aliphatic heterocycles. The lowest BCUT2D eigenvalue weighted by Gasteiger charge is -2.07. The van der Waals surface area contributed by atoms with E-state index in [1.54, 1.807) is 25.1 Å². The molecule has 0 radical (unpaired) electrons. The highest BCUT2D eigenvalue weighted by Crippen LogP contribution is 2.17. The largest absolute Gasteiger partial charge is 0.289 e. The van der Waals surface area contributed by atoms with Gasteiger partial charge in [0.2, 0.25) is 0 Å². The van der Waals surface area contributed by atoms with Crippen molar-refractivity contribution in [2.45, 2.75) is 20.3 Å². The Bertz CT molecular complexity index is 587. The van der Waals surface area contributed by atoms with Gasteiger partial charge < -0.3 is 0 Å². The Morgan fingerprint density at radius 2 is 1.89 bits per heavy atom. The van der Waals surface area contributed by atoms with E-state index in [2.05, 4.69) is 0 Å². The van der Waals surface area contributed by atoms with Crippen molar-refractivity contribution in [1.29, 1.82) is 0 Å². The van der Waals surface area contributed by atoms with Gasteiger partial charge in [-0.1, -0.05) is 43.3 Å². The average Bonchev–Trinajstić information content (AvgIpc) is 2.41. The first-order chi connectivity index (χ1) is 8.63. The molecule has 0 unspecified atom stereocenters. The van der Waals surface area contributed by atoms with E-state index in [0.717, 1.165) is 12.0 Å². The van der Waals surface area contributed by atoms with E-state index in [-0.39, 0.29) is 11.6 Å². The van der Waals surface area contributed by atoms with E-state index >= 15 is 0 Å². The molecule has 0 bridgehead atoms. The van der Waals surface area contributed by atoms with Gasteiger partial charge in [-0.3, -0.25) is 4.79 Å². The molecule has 0 spiro atoms. The molecule has 0 aliphatic rings. The highest BCUT2D eigenvalue weighted by atomic mass is 19.1. The predicted molar refractivity (Wildman–Crippen MR) is 70.4 cm³/mol. The van der Waals surface area contributed by atoms with Gasteiger partial charge in [-0.05, 0) is 30.5 Å². The van der Waals surface area contributed by atoms with Gasteiger partial charge >= 0.3 is 0 Å². The Hall–Kier alpha value is -1.96. The highest BCUT2D eigenvalue weighted by Gasteiger charge is 2.13. The number of halogens is 1. The van der Waals surface area contributed by atoms with Gasteiger partial charge in [-0.25, -0.2) is 4.39 Å². The molecular formula is C16H15FO. The van der Waals surface area contributed by atoms with E-state index in [4.69, 9.17) is 0 Å². The maximum atomic E-state index is 13.5. The molecule has 0 N–H and O–H groups in total. The fraction of sp³-hybridized carbons (Fsp3) is 0.188. The number of carbonyl (C=O) groups is 1. The molecule has 0 heterocycles. The van der Waals surface area contributed by atoms with Crippen molar-refractivity contribution in [3.05, 3.63) is 70.5 Å². The Labute approximate surface area is 106 Å². The van der Waals surface area contributed by atoms with Gasteiger partial charge in [-0.15, -0.1) is 0 Å². The predicted octanol–water partition coefficient (Wildman–Crippen LogP) is 3.93. The second-order valence-corrected chi connectivity index (χ2v) is 4.30. The Morgan fingerprint density at radius 1 is 1.17 bits per heavy atom. The zero-order valence-corrected chi connectivity index (χ0v) is 10.5. The van der Waals surface area contributed by atoms with Crippen LogP contribution >= 0.6 is 0 Å². The van der Waals surface area contributed by atoms with Crippen LogP contribution in [0.3, 0.4) is 0 Å². The lowest BCUT2D eigenvalue weighted by atomic mass is 9.96. The number of benzene rings is 2. The number of hydrogen-bond donors (Lipinski definition) is 0. The van der Waals surface area contributed by atoms with Gasteiger partial charge in [-0.2, -0.15) is 0 Å². The minimum atomic E-state index is -0.338. The average molecular weight is 242 g/mol. The summed E-state index contributed by atoms with van der Waals surface area (Å²) < 4.78 is 13.5. The van der Waals surface area contributed by atoms with Gasteiger partial charge in [0.1, 0.15) is 5.82 Å².